The lowest BCUT2D eigenvalue weighted by Crippen LogP contribution is -2.00. The third-order valence-electron chi connectivity index (χ3n) is 9.66. The van der Waals surface area contributed by atoms with E-state index in [4.69, 9.17) is 15.0 Å². The summed E-state index contributed by atoms with van der Waals surface area (Å²) < 4.78 is 0. The fourth-order valence-corrected chi connectivity index (χ4v) is 6.74. The molecule has 0 N–H and O–H groups in total. The zero-order valence-electron chi connectivity index (χ0n) is 30.9. The Balaban J connectivity index is 1.04. The molecular formula is C49H35N7. The minimum Gasteiger partial charge on any atom is -0.256 e. The van der Waals surface area contributed by atoms with E-state index in [0.717, 1.165) is 78.4 Å². The second-order valence-electron chi connectivity index (χ2n) is 13.6. The van der Waals surface area contributed by atoms with Crippen LogP contribution >= 0.6 is 0 Å². The molecule has 0 fully saturated rings. The second kappa shape index (κ2) is 15.1. The standard InChI is InChI=1S/C49H35N7/c1-32-31-33(2)53-46(52-32)40-25-27-43(28-26-40)49-55-47(41-21-13-36(14-22-41)34-9-17-38(18-10-34)44-7-3-5-29-50-44)54-48(56-49)42-23-15-37(16-24-42)35-11-19-39(20-12-35)45-8-4-6-30-51-45/h3-31H,1-2H3. The van der Waals surface area contributed by atoms with Crippen molar-refractivity contribution >= 4 is 0 Å². The van der Waals surface area contributed by atoms with E-state index in [2.05, 4.69) is 117 Å². The molecule has 7 heteroatoms. The lowest BCUT2D eigenvalue weighted by molar-refractivity contribution is 1.06. The van der Waals surface area contributed by atoms with E-state index >= 15 is 0 Å². The summed E-state index contributed by atoms with van der Waals surface area (Å²) in [7, 11) is 0. The summed E-state index contributed by atoms with van der Waals surface area (Å²) in [5, 5.41) is 0. The van der Waals surface area contributed by atoms with Gasteiger partial charge >= 0.3 is 0 Å². The number of rotatable bonds is 8. The summed E-state index contributed by atoms with van der Waals surface area (Å²) in [5.41, 5.74) is 14.0. The van der Waals surface area contributed by atoms with Crippen LogP contribution in [0.1, 0.15) is 11.4 Å². The molecule has 0 aliphatic rings. The monoisotopic (exact) mass is 721 g/mol. The van der Waals surface area contributed by atoms with Crippen LogP contribution < -0.4 is 0 Å². The summed E-state index contributed by atoms with van der Waals surface area (Å²) in [6, 6.07) is 55.6. The molecule has 7 nitrogen and oxygen atoms in total. The molecule has 4 aromatic heterocycles. The first kappa shape index (κ1) is 34.3. The first-order valence-corrected chi connectivity index (χ1v) is 18.5. The van der Waals surface area contributed by atoms with Crippen LogP contribution in [-0.4, -0.2) is 34.9 Å². The molecule has 4 heterocycles. The Bertz CT molecular complexity index is 2590. The molecule has 56 heavy (non-hydrogen) atoms. The van der Waals surface area contributed by atoms with E-state index in [9.17, 15) is 0 Å². The molecule has 0 spiro atoms. The molecule has 9 aromatic rings. The summed E-state index contributed by atoms with van der Waals surface area (Å²) in [4.78, 5) is 33.3. The van der Waals surface area contributed by atoms with Crippen molar-refractivity contribution in [3.63, 3.8) is 0 Å². The Kier molecular flexibility index (Phi) is 9.23. The third kappa shape index (κ3) is 7.34. The van der Waals surface area contributed by atoms with Crippen LogP contribution in [0, 0.1) is 13.8 Å². The number of pyridine rings is 2. The summed E-state index contributed by atoms with van der Waals surface area (Å²) in [6.45, 7) is 3.97. The van der Waals surface area contributed by atoms with Crippen molar-refractivity contribution in [2.24, 2.45) is 0 Å². The molecule has 0 aliphatic carbocycles. The molecule has 9 rings (SSSR count). The lowest BCUT2D eigenvalue weighted by atomic mass is 10.0. The molecule has 0 radical (unpaired) electrons. The van der Waals surface area contributed by atoms with Gasteiger partial charge in [-0.25, -0.2) is 24.9 Å². The van der Waals surface area contributed by atoms with Gasteiger partial charge in [0.15, 0.2) is 23.3 Å². The summed E-state index contributed by atoms with van der Waals surface area (Å²) in [5.74, 6) is 2.47. The maximum Gasteiger partial charge on any atom is 0.164 e. The molecule has 0 atom stereocenters. The van der Waals surface area contributed by atoms with Crippen LogP contribution in [0.25, 0.3) is 90.3 Å². The van der Waals surface area contributed by atoms with Gasteiger partial charge in [0, 0.05) is 57.2 Å². The van der Waals surface area contributed by atoms with Crippen LogP contribution in [0.15, 0.2) is 176 Å². The topological polar surface area (TPSA) is 90.2 Å². The summed E-state index contributed by atoms with van der Waals surface area (Å²) >= 11 is 0. The molecule has 5 aromatic carbocycles. The number of hydrogen-bond acceptors (Lipinski definition) is 7. The normalized spacial score (nSPS) is 11.0. The van der Waals surface area contributed by atoms with E-state index in [1.165, 1.54) is 0 Å². The number of hydrogen-bond donors (Lipinski definition) is 0. The van der Waals surface area contributed by atoms with E-state index in [-0.39, 0.29) is 0 Å². The van der Waals surface area contributed by atoms with Gasteiger partial charge in [-0.2, -0.15) is 0 Å². The number of aryl methyl sites for hydroxylation is 2. The summed E-state index contributed by atoms with van der Waals surface area (Å²) in [6.07, 6.45) is 3.63. The van der Waals surface area contributed by atoms with Gasteiger partial charge < -0.3 is 0 Å². The van der Waals surface area contributed by atoms with E-state index in [1.54, 1.807) is 0 Å². The Labute approximate surface area is 325 Å². The number of benzene rings is 5. The van der Waals surface area contributed by atoms with Gasteiger partial charge in [-0.05, 0) is 66.4 Å². The highest BCUT2D eigenvalue weighted by Crippen LogP contribution is 2.31. The first-order chi connectivity index (χ1) is 27.5. The quantitative estimate of drug-likeness (QED) is 0.154. The van der Waals surface area contributed by atoms with Crippen LogP contribution in [0.3, 0.4) is 0 Å². The molecule has 0 saturated carbocycles. The fraction of sp³-hybridized carbons (Fsp3) is 0.0408. The highest BCUT2D eigenvalue weighted by molar-refractivity contribution is 5.75. The SMILES string of the molecule is Cc1cc(C)nc(-c2ccc(-c3nc(-c4ccc(-c5ccc(-c6ccccn6)cc5)cc4)nc(-c4ccc(-c5ccc(-c6ccccn6)cc5)cc4)n3)cc2)n1. The van der Waals surface area contributed by atoms with E-state index in [0.29, 0.717) is 23.3 Å². The Morgan fingerprint density at radius 1 is 0.268 bits per heavy atom. The predicted octanol–water partition coefficient (Wildman–Crippen LogP) is 11.4. The number of aromatic nitrogens is 7. The van der Waals surface area contributed by atoms with Gasteiger partial charge in [-0.1, -0.05) is 133 Å². The maximum atomic E-state index is 5.02. The van der Waals surface area contributed by atoms with Gasteiger partial charge in [0.1, 0.15) is 0 Å². The average Bonchev–Trinajstić information content (AvgIpc) is 3.27. The predicted molar refractivity (Wildman–Crippen MR) is 224 cm³/mol. The third-order valence-corrected chi connectivity index (χ3v) is 9.66. The van der Waals surface area contributed by atoms with Gasteiger partial charge in [0.05, 0.1) is 11.4 Å². The van der Waals surface area contributed by atoms with Crippen molar-refractivity contribution in [2.45, 2.75) is 13.8 Å². The highest BCUT2D eigenvalue weighted by Gasteiger charge is 2.14. The van der Waals surface area contributed by atoms with Crippen molar-refractivity contribution in [3.8, 4) is 90.3 Å². The van der Waals surface area contributed by atoms with E-state index in [1.807, 2.05) is 93.0 Å². The van der Waals surface area contributed by atoms with Gasteiger partial charge in [0.2, 0.25) is 0 Å². The molecule has 0 bridgehead atoms. The molecule has 0 amide bonds. The van der Waals surface area contributed by atoms with Crippen LogP contribution in [-0.2, 0) is 0 Å². The van der Waals surface area contributed by atoms with Gasteiger partial charge in [0.25, 0.3) is 0 Å². The molecule has 0 aliphatic heterocycles. The van der Waals surface area contributed by atoms with Crippen molar-refractivity contribution < 1.29 is 0 Å². The van der Waals surface area contributed by atoms with Crippen LogP contribution in [0.5, 0.6) is 0 Å². The van der Waals surface area contributed by atoms with Crippen molar-refractivity contribution in [1.29, 1.82) is 0 Å². The molecular weight excluding hydrogens is 687 g/mol. The smallest absolute Gasteiger partial charge is 0.164 e. The molecule has 0 saturated heterocycles. The average molecular weight is 722 g/mol. The lowest BCUT2D eigenvalue weighted by Gasteiger charge is -2.11. The second-order valence-corrected chi connectivity index (χ2v) is 13.6. The minimum atomic E-state index is 0.585. The number of nitrogens with zero attached hydrogens (tertiary/aromatic N) is 7. The zero-order chi connectivity index (χ0) is 37.8. The fourth-order valence-electron chi connectivity index (χ4n) is 6.74. The Hall–Kier alpha value is -7.51. The van der Waals surface area contributed by atoms with Crippen molar-refractivity contribution in [3.05, 3.63) is 188 Å². The Morgan fingerprint density at radius 2 is 0.536 bits per heavy atom. The van der Waals surface area contributed by atoms with Crippen molar-refractivity contribution in [1.82, 2.24) is 34.9 Å². The van der Waals surface area contributed by atoms with Crippen molar-refractivity contribution in [2.75, 3.05) is 0 Å². The van der Waals surface area contributed by atoms with Crippen LogP contribution in [0.2, 0.25) is 0 Å². The largest absolute Gasteiger partial charge is 0.256 e. The van der Waals surface area contributed by atoms with Gasteiger partial charge in [-0.3, -0.25) is 9.97 Å². The Morgan fingerprint density at radius 3 is 0.821 bits per heavy atom. The first-order valence-electron chi connectivity index (χ1n) is 18.5. The molecule has 266 valence electrons. The minimum absolute atomic E-state index is 0.585. The van der Waals surface area contributed by atoms with Crippen LogP contribution in [0.4, 0.5) is 0 Å². The zero-order valence-corrected chi connectivity index (χ0v) is 30.9. The maximum absolute atomic E-state index is 5.02. The highest BCUT2D eigenvalue weighted by atomic mass is 15.0. The molecule has 0 unspecified atom stereocenters. The van der Waals surface area contributed by atoms with E-state index < -0.39 is 0 Å². The van der Waals surface area contributed by atoms with Gasteiger partial charge in [-0.15, -0.1) is 0 Å².